The Balaban J connectivity index is 1.69. The summed E-state index contributed by atoms with van der Waals surface area (Å²) in [6.07, 6.45) is 2.84. The van der Waals surface area contributed by atoms with E-state index >= 15 is 0 Å². The van der Waals surface area contributed by atoms with Crippen LogP contribution in [0.3, 0.4) is 0 Å². The zero-order chi connectivity index (χ0) is 11.4. The number of nitrogens with zero attached hydrogens (tertiary/aromatic N) is 3. The lowest BCUT2D eigenvalue weighted by atomic mass is 9.97. The summed E-state index contributed by atoms with van der Waals surface area (Å²) in [6.45, 7) is 12.6. The van der Waals surface area contributed by atoms with Crippen LogP contribution < -0.4 is 0 Å². The fraction of sp³-hybridized carbons (Fsp3) is 1.00. The summed E-state index contributed by atoms with van der Waals surface area (Å²) in [5.41, 5.74) is 0. The van der Waals surface area contributed by atoms with Crippen molar-refractivity contribution in [1.29, 1.82) is 0 Å². The smallest absolute Gasteiger partial charge is 0.0110 e. The zero-order valence-corrected chi connectivity index (χ0v) is 11.0. The standard InChI is InChI=1S/C13H27N3/c1-3-15-7-9-16(10-8-15)12-13-5-4-6-14(2)11-13/h13H,3-12H2,1-2H3. The molecule has 0 saturated carbocycles. The first-order valence-electron chi connectivity index (χ1n) is 6.91. The molecule has 2 saturated heterocycles. The fourth-order valence-corrected chi connectivity index (χ4v) is 3.08. The van der Waals surface area contributed by atoms with E-state index in [1.165, 1.54) is 65.2 Å². The normalized spacial score (nSPS) is 30.8. The van der Waals surface area contributed by atoms with E-state index in [1.54, 1.807) is 0 Å². The van der Waals surface area contributed by atoms with Crippen LogP contribution in [0.5, 0.6) is 0 Å². The van der Waals surface area contributed by atoms with Gasteiger partial charge in [-0.3, -0.25) is 0 Å². The summed E-state index contributed by atoms with van der Waals surface area (Å²) >= 11 is 0. The lowest BCUT2D eigenvalue weighted by molar-refractivity contribution is 0.0990. The van der Waals surface area contributed by atoms with Gasteiger partial charge < -0.3 is 14.7 Å². The van der Waals surface area contributed by atoms with Gasteiger partial charge in [0, 0.05) is 39.3 Å². The molecule has 3 nitrogen and oxygen atoms in total. The maximum Gasteiger partial charge on any atom is 0.0110 e. The van der Waals surface area contributed by atoms with Gasteiger partial charge in [-0.15, -0.1) is 0 Å². The van der Waals surface area contributed by atoms with Gasteiger partial charge in [-0.05, 0) is 38.9 Å². The molecular formula is C13H27N3. The molecule has 0 amide bonds. The van der Waals surface area contributed by atoms with Crippen molar-refractivity contribution in [1.82, 2.24) is 14.7 Å². The van der Waals surface area contributed by atoms with Crippen LogP contribution in [-0.4, -0.2) is 74.1 Å². The van der Waals surface area contributed by atoms with E-state index in [2.05, 4.69) is 28.7 Å². The van der Waals surface area contributed by atoms with E-state index in [9.17, 15) is 0 Å². The summed E-state index contributed by atoms with van der Waals surface area (Å²) in [7, 11) is 2.27. The van der Waals surface area contributed by atoms with Crippen molar-refractivity contribution in [2.75, 3.05) is 59.4 Å². The highest BCUT2D eigenvalue weighted by Gasteiger charge is 2.22. The van der Waals surface area contributed by atoms with Crippen LogP contribution in [0.15, 0.2) is 0 Å². The van der Waals surface area contributed by atoms with Crippen LogP contribution in [0.1, 0.15) is 19.8 Å². The summed E-state index contributed by atoms with van der Waals surface area (Å²) in [5.74, 6) is 0.923. The highest BCUT2D eigenvalue weighted by molar-refractivity contribution is 4.77. The molecule has 0 N–H and O–H groups in total. The number of hydrogen-bond donors (Lipinski definition) is 0. The van der Waals surface area contributed by atoms with Crippen molar-refractivity contribution in [2.24, 2.45) is 5.92 Å². The molecule has 0 aliphatic carbocycles. The Kier molecular flexibility index (Phi) is 4.62. The molecule has 0 aromatic rings. The van der Waals surface area contributed by atoms with E-state index in [1.807, 2.05) is 0 Å². The van der Waals surface area contributed by atoms with Gasteiger partial charge in [-0.25, -0.2) is 0 Å². The average molecular weight is 225 g/mol. The lowest BCUT2D eigenvalue weighted by Crippen LogP contribution is -2.49. The first-order chi connectivity index (χ1) is 7.78. The highest BCUT2D eigenvalue weighted by Crippen LogP contribution is 2.17. The van der Waals surface area contributed by atoms with Crippen LogP contribution in [-0.2, 0) is 0 Å². The number of piperidine rings is 1. The Labute approximate surface area is 100 Å². The summed E-state index contributed by atoms with van der Waals surface area (Å²) in [6, 6.07) is 0. The molecule has 0 aromatic heterocycles. The third kappa shape index (κ3) is 3.44. The quantitative estimate of drug-likeness (QED) is 0.708. The minimum Gasteiger partial charge on any atom is -0.306 e. The molecule has 0 spiro atoms. The molecule has 2 fully saturated rings. The summed E-state index contributed by atoms with van der Waals surface area (Å²) in [5, 5.41) is 0. The van der Waals surface area contributed by atoms with Gasteiger partial charge >= 0.3 is 0 Å². The zero-order valence-electron chi connectivity index (χ0n) is 11.0. The summed E-state index contributed by atoms with van der Waals surface area (Å²) < 4.78 is 0. The molecule has 2 aliphatic heterocycles. The second kappa shape index (κ2) is 5.99. The highest BCUT2D eigenvalue weighted by atomic mass is 15.3. The molecule has 2 rings (SSSR count). The lowest BCUT2D eigenvalue weighted by Gasteiger charge is -2.38. The fourth-order valence-electron chi connectivity index (χ4n) is 3.08. The molecular weight excluding hydrogens is 198 g/mol. The Bertz CT molecular complexity index is 199. The molecule has 0 radical (unpaired) electrons. The number of rotatable bonds is 3. The van der Waals surface area contributed by atoms with Gasteiger partial charge in [0.15, 0.2) is 0 Å². The van der Waals surface area contributed by atoms with E-state index in [-0.39, 0.29) is 0 Å². The van der Waals surface area contributed by atoms with Gasteiger partial charge in [0.25, 0.3) is 0 Å². The number of likely N-dealkylation sites (N-methyl/N-ethyl adjacent to an activating group) is 1. The van der Waals surface area contributed by atoms with Gasteiger partial charge in [-0.2, -0.15) is 0 Å². The van der Waals surface area contributed by atoms with Crippen LogP contribution in [0, 0.1) is 5.92 Å². The third-order valence-corrected chi connectivity index (χ3v) is 4.15. The maximum absolute atomic E-state index is 2.68. The summed E-state index contributed by atoms with van der Waals surface area (Å²) in [4.78, 5) is 7.73. The van der Waals surface area contributed by atoms with Crippen LogP contribution >= 0.6 is 0 Å². The van der Waals surface area contributed by atoms with Gasteiger partial charge in [0.2, 0.25) is 0 Å². The second-order valence-corrected chi connectivity index (χ2v) is 5.51. The van der Waals surface area contributed by atoms with E-state index in [0.717, 1.165) is 5.92 Å². The van der Waals surface area contributed by atoms with Crippen molar-refractivity contribution in [3.63, 3.8) is 0 Å². The molecule has 0 aromatic carbocycles. The predicted octanol–water partition coefficient (Wildman–Crippen LogP) is 0.966. The van der Waals surface area contributed by atoms with E-state index in [4.69, 9.17) is 0 Å². The minimum absolute atomic E-state index is 0.923. The van der Waals surface area contributed by atoms with Gasteiger partial charge in [0.1, 0.15) is 0 Å². The Morgan fingerprint density at radius 3 is 2.31 bits per heavy atom. The molecule has 94 valence electrons. The van der Waals surface area contributed by atoms with Crippen LogP contribution in [0.2, 0.25) is 0 Å². The number of likely N-dealkylation sites (tertiary alicyclic amines) is 1. The predicted molar refractivity (Wildman–Crippen MR) is 68.8 cm³/mol. The Morgan fingerprint density at radius 1 is 1.00 bits per heavy atom. The molecule has 3 heteroatoms. The second-order valence-electron chi connectivity index (χ2n) is 5.51. The van der Waals surface area contributed by atoms with E-state index < -0.39 is 0 Å². The van der Waals surface area contributed by atoms with Crippen molar-refractivity contribution in [3.05, 3.63) is 0 Å². The average Bonchev–Trinajstić information content (AvgIpc) is 2.30. The van der Waals surface area contributed by atoms with Gasteiger partial charge in [0.05, 0.1) is 0 Å². The van der Waals surface area contributed by atoms with Crippen LogP contribution in [0.4, 0.5) is 0 Å². The van der Waals surface area contributed by atoms with Crippen molar-refractivity contribution < 1.29 is 0 Å². The van der Waals surface area contributed by atoms with Crippen LogP contribution in [0.25, 0.3) is 0 Å². The molecule has 0 bridgehead atoms. The molecule has 2 aliphatic rings. The number of piperazine rings is 1. The first kappa shape index (κ1) is 12.3. The molecule has 1 unspecified atom stereocenters. The van der Waals surface area contributed by atoms with Crippen molar-refractivity contribution in [3.8, 4) is 0 Å². The largest absolute Gasteiger partial charge is 0.306 e. The van der Waals surface area contributed by atoms with Crippen molar-refractivity contribution in [2.45, 2.75) is 19.8 Å². The SMILES string of the molecule is CCN1CCN(CC2CCCN(C)C2)CC1. The van der Waals surface area contributed by atoms with Crippen molar-refractivity contribution >= 4 is 0 Å². The Morgan fingerprint density at radius 2 is 1.69 bits per heavy atom. The first-order valence-corrected chi connectivity index (χ1v) is 6.91. The molecule has 1 atom stereocenters. The van der Waals surface area contributed by atoms with E-state index in [0.29, 0.717) is 0 Å². The molecule has 16 heavy (non-hydrogen) atoms. The topological polar surface area (TPSA) is 9.72 Å². The third-order valence-electron chi connectivity index (χ3n) is 4.15. The molecule has 2 heterocycles. The monoisotopic (exact) mass is 225 g/mol. The minimum atomic E-state index is 0.923. The maximum atomic E-state index is 2.68. The number of hydrogen-bond acceptors (Lipinski definition) is 3. The van der Waals surface area contributed by atoms with Gasteiger partial charge in [-0.1, -0.05) is 6.92 Å². The Hall–Kier alpha value is -0.120.